The van der Waals surface area contributed by atoms with Gasteiger partial charge in [-0.25, -0.2) is 0 Å². The van der Waals surface area contributed by atoms with Gasteiger partial charge in [0.25, 0.3) is 0 Å². The maximum Gasteiger partial charge on any atom is 0.119 e. The number of aliphatic hydroxyl groups is 1. The average Bonchev–Trinajstić information content (AvgIpc) is 2.38. The lowest BCUT2D eigenvalue weighted by atomic mass is 9.78. The third-order valence-corrected chi connectivity index (χ3v) is 3.84. The molecular formula is C16H12O. The van der Waals surface area contributed by atoms with Crippen LogP contribution in [0.4, 0.5) is 0 Å². The van der Waals surface area contributed by atoms with E-state index in [9.17, 15) is 5.11 Å². The van der Waals surface area contributed by atoms with Gasteiger partial charge in [0, 0.05) is 11.5 Å². The van der Waals surface area contributed by atoms with E-state index in [1.54, 1.807) is 0 Å². The highest BCUT2D eigenvalue weighted by Gasteiger charge is 2.24. The normalized spacial score (nSPS) is 20.5. The zero-order valence-corrected chi connectivity index (χ0v) is 9.35. The monoisotopic (exact) mass is 220 g/mol. The highest BCUT2D eigenvalue weighted by Crippen LogP contribution is 2.43. The van der Waals surface area contributed by atoms with Crippen LogP contribution in [0.15, 0.2) is 42.5 Å². The van der Waals surface area contributed by atoms with Crippen LogP contribution in [0.1, 0.15) is 29.0 Å². The Morgan fingerprint density at radius 1 is 1.12 bits per heavy atom. The van der Waals surface area contributed by atoms with Crippen LogP contribution in [0.2, 0.25) is 0 Å². The number of aliphatic hydroxyl groups excluding tert-OH is 1. The Hall–Kier alpha value is -2.02. The Balaban J connectivity index is 2.23. The first-order valence-electron chi connectivity index (χ1n) is 5.98. The fraction of sp³-hybridized carbons (Fsp3) is 0.125. The molecule has 0 bridgehead atoms. The molecule has 1 nitrogen and oxygen atoms in total. The summed E-state index contributed by atoms with van der Waals surface area (Å²) in [6.07, 6.45) is 7.30. The molecule has 82 valence electrons. The Morgan fingerprint density at radius 2 is 2.06 bits per heavy atom. The van der Waals surface area contributed by atoms with Crippen molar-refractivity contribution in [1.29, 1.82) is 0 Å². The molecule has 1 N–H and O–H groups in total. The molecule has 0 heterocycles. The van der Waals surface area contributed by atoms with Crippen LogP contribution in [0.5, 0.6) is 0 Å². The molecule has 1 atom stereocenters. The van der Waals surface area contributed by atoms with Gasteiger partial charge in [0.1, 0.15) is 5.76 Å². The largest absolute Gasteiger partial charge is 0.508 e. The van der Waals surface area contributed by atoms with Crippen molar-refractivity contribution in [2.75, 3.05) is 0 Å². The van der Waals surface area contributed by atoms with Crippen LogP contribution < -0.4 is 0 Å². The van der Waals surface area contributed by atoms with Crippen LogP contribution in [0.25, 0.3) is 22.6 Å². The molecule has 0 aromatic heterocycles. The first kappa shape index (κ1) is 9.06. The minimum absolute atomic E-state index is 0.430. The first-order valence-corrected chi connectivity index (χ1v) is 5.98. The maximum absolute atomic E-state index is 9.99. The molecular weight excluding hydrogens is 208 g/mol. The first-order chi connectivity index (χ1) is 8.34. The standard InChI is InChI=1S/C16H12O/c17-14-9-7-12-5-4-10-2-1-3-11-6-8-13(14)16(12)15(10)11/h1-6,8-9,12,17H,7H2. The summed E-state index contributed by atoms with van der Waals surface area (Å²) in [5.41, 5.74) is 3.58. The zero-order valence-electron chi connectivity index (χ0n) is 9.35. The van der Waals surface area contributed by atoms with E-state index in [4.69, 9.17) is 0 Å². The molecule has 0 fully saturated rings. The van der Waals surface area contributed by atoms with Gasteiger partial charge in [-0.05, 0) is 34.4 Å². The second-order valence-corrected chi connectivity index (χ2v) is 4.76. The molecule has 0 amide bonds. The summed E-state index contributed by atoms with van der Waals surface area (Å²) in [4.78, 5) is 0. The van der Waals surface area contributed by atoms with Crippen molar-refractivity contribution in [1.82, 2.24) is 0 Å². The van der Waals surface area contributed by atoms with Crippen LogP contribution >= 0.6 is 0 Å². The van der Waals surface area contributed by atoms with Gasteiger partial charge in [-0.3, -0.25) is 0 Å². The summed E-state index contributed by atoms with van der Waals surface area (Å²) in [6.45, 7) is 0. The van der Waals surface area contributed by atoms with Gasteiger partial charge in [-0.15, -0.1) is 0 Å². The summed E-state index contributed by atoms with van der Waals surface area (Å²) in [6, 6.07) is 10.5. The van der Waals surface area contributed by atoms with Crippen molar-refractivity contribution in [2.45, 2.75) is 12.3 Å². The minimum atomic E-state index is 0.430. The summed E-state index contributed by atoms with van der Waals surface area (Å²) < 4.78 is 0. The van der Waals surface area contributed by atoms with Crippen molar-refractivity contribution >= 4 is 22.6 Å². The molecule has 4 rings (SSSR count). The van der Waals surface area contributed by atoms with E-state index in [1.807, 2.05) is 12.1 Å². The molecule has 1 unspecified atom stereocenters. The van der Waals surface area contributed by atoms with E-state index in [1.165, 1.54) is 21.9 Å². The van der Waals surface area contributed by atoms with Crippen LogP contribution in [0, 0.1) is 0 Å². The van der Waals surface area contributed by atoms with Gasteiger partial charge in [-0.2, -0.15) is 0 Å². The predicted molar refractivity (Wildman–Crippen MR) is 70.9 cm³/mol. The molecule has 0 saturated heterocycles. The van der Waals surface area contributed by atoms with Crippen LogP contribution in [-0.2, 0) is 0 Å². The molecule has 0 aliphatic heterocycles. The van der Waals surface area contributed by atoms with E-state index in [2.05, 4.69) is 36.4 Å². The lowest BCUT2D eigenvalue weighted by Gasteiger charge is -2.26. The highest BCUT2D eigenvalue weighted by atomic mass is 16.3. The number of hydrogen-bond acceptors (Lipinski definition) is 1. The van der Waals surface area contributed by atoms with E-state index in [0.29, 0.717) is 11.7 Å². The van der Waals surface area contributed by atoms with Crippen molar-refractivity contribution in [3.05, 3.63) is 59.2 Å². The fourth-order valence-electron chi connectivity index (χ4n) is 3.04. The third kappa shape index (κ3) is 1.09. The Kier molecular flexibility index (Phi) is 1.60. The van der Waals surface area contributed by atoms with Gasteiger partial charge < -0.3 is 5.11 Å². The van der Waals surface area contributed by atoms with Gasteiger partial charge in [0.15, 0.2) is 0 Å². The number of allylic oxidation sites excluding steroid dienone is 2. The van der Waals surface area contributed by atoms with Gasteiger partial charge >= 0.3 is 0 Å². The summed E-state index contributed by atoms with van der Waals surface area (Å²) >= 11 is 0. The molecule has 0 saturated carbocycles. The molecule has 2 aromatic carbocycles. The van der Waals surface area contributed by atoms with Gasteiger partial charge in [-0.1, -0.05) is 42.5 Å². The van der Waals surface area contributed by atoms with Gasteiger partial charge in [0.2, 0.25) is 0 Å². The minimum Gasteiger partial charge on any atom is -0.508 e. The Morgan fingerprint density at radius 3 is 3.00 bits per heavy atom. The number of hydrogen-bond donors (Lipinski definition) is 1. The molecule has 0 radical (unpaired) electrons. The molecule has 0 spiro atoms. The lowest BCUT2D eigenvalue weighted by Crippen LogP contribution is -2.08. The predicted octanol–water partition coefficient (Wildman–Crippen LogP) is 4.25. The lowest BCUT2D eigenvalue weighted by molar-refractivity contribution is 0.503. The Labute approximate surface area is 99.7 Å². The third-order valence-electron chi connectivity index (χ3n) is 3.84. The fourth-order valence-corrected chi connectivity index (χ4v) is 3.04. The van der Waals surface area contributed by atoms with Gasteiger partial charge in [0.05, 0.1) is 0 Å². The van der Waals surface area contributed by atoms with Crippen LogP contribution in [0.3, 0.4) is 0 Å². The smallest absolute Gasteiger partial charge is 0.119 e. The number of benzene rings is 2. The average molecular weight is 220 g/mol. The maximum atomic E-state index is 9.99. The van der Waals surface area contributed by atoms with E-state index in [-0.39, 0.29) is 0 Å². The Bertz CT molecular complexity index is 692. The highest BCUT2D eigenvalue weighted by molar-refractivity contribution is 5.98. The molecule has 1 heteroatoms. The second-order valence-electron chi connectivity index (χ2n) is 4.76. The molecule has 17 heavy (non-hydrogen) atoms. The summed E-state index contributed by atoms with van der Waals surface area (Å²) in [7, 11) is 0. The summed E-state index contributed by atoms with van der Waals surface area (Å²) in [5, 5.41) is 12.6. The van der Waals surface area contributed by atoms with Crippen molar-refractivity contribution in [3.63, 3.8) is 0 Å². The van der Waals surface area contributed by atoms with E-state index in [0.717, 1.165) is 12.0 Å². The molecule has 2 aliphatic rings. The second kappa shape index (κ2) is 3.01. The zero-order chi connectivity index (χ0) is 11.4. The van der Waals surface area contributed by atoms with Crippen molar-refractivity contribution < 1.29 is 5.11 Å². The van der Waals surface area contributed by atoms with E-state index < -0.39 is 0 Å². The summed E-state index contributed by atoms with van der Waals surface area (Å²) in [5.74, 6) is 0.864. The van der Waals surface area contributed by atoms with Crippen molar-refractivity contribution in [2.24, 2.45) is 0 Å². The van der Waals surface area contributed by atoms with Crippen LogP contribution in [-0.4, -0.2) is 5.11 Å². The topological polar surface area (TPSA) is 20.2 Å². The number of rotatable bonds is 0. The van der Waals surface area contributed by atoms with Crippen molar-refractivity contribution in [3.8, 4) is 0 Å². The molecule has 2 aromatic rings. The van der Waals surface area contributed by atoms with E-state index >= 15 is 0 Å². The SMILES string of the molecule is OC1=CCC2C=Cc3cccc4ccc1c2c34. The molecule has 2 aliphatic carbocycles. The quantitative estimate of drug-likeness (QED) is 0.703.